The maximum Gasteiger partial charge on any atom is 0.251 e. The molecule has 0 radical (unpaired) electrons. The van der Waals surface area contributed by atoms with Crippen LogP contribution in [0.3, 0.4) is 0 Å². The number of aryl methyl sites for hydroxylation is 1. The Morgan fingerprint density at radius 3 is 2.67 bits per heavy atom. The predicted octanol–water partition coefficient (Wildman–Crippen LogP) is 2.42. The van der Waals surface area contributed by atoms with Crippen molar-refractivity contribution >= 4 is 5.91 Å². The highest BCUT2D eigenvalue weighted by Crippen LogP contribution is 2.19. The van der Waals surface area contributed by atoms with E-state index in [1.807, 2.05) is 0 Å². The molecule has 0 bridgehead atoms. The van der Waals surface area contributed by atoms with Crippen molar-refractivity contribution < 1.29 is 9.18 Å². The Hall–Kier alpha value is -1.38. The lowest BCUT2D eigenvalue weighted by molar-refractivity contribution is 0.0916. The summed E-state index contributed by atoms with van der Waals surface area (Å²) in [5.41, 5.74) is 1.19. The van der Waals surface area contributed by atoms with E-state index in [1.54, 1.807) is 13.0 Å². The zero-order valence-electron chi connectivity index (χ0n) is 8.72. The van der Waals surface area contributed by atoms with Crippen LogP contribution in [0, 0.1) is 12.7 Å². The zero-order valence-corrected chi connectivity index (χ0v) is 8.72. The number of hydrogen-bond acceptors (Lipinski definition) is 1. The molecule has 1 aromatic carbocycles. The van der Waals surface area contributed by atoms with Gasteiger partial charge in [0.1, 0.15) is 5.82 Å². The van der Waals surface area contributed by atoms with Crippen LogP contribution in [0.5, 0.6) is 0 Å². The minimum absolute atomic E-state index is 0.165. The van der Waals surface area contributed by atoms with Gasteiger partial charge in [0.05, 0.1) is 0 Å². The normalized spacial score (nSPS) is 15.9. The lowest BCUT2D eigenvalue weighted by atomic mass is 9.93. The lowest BCUT2D eigenvalue weighted by Crippen LogP contribution is -2.39. The molecule has 0 aliphatic heterocycles. The monoisotopic (exact) mass is 207 g/mol. The molecule has 0 unspecified atom stereocenters. The summed E-state index contributed by atoms with van der Waals surface area (Å²) in [5.74, 6) is -0.518. The Bertz CT molecular complexity index is 365. The Morgan fingerprint density at radius 1 is 1.40 bits per heavy atom. The Kier molecular flexibility index (Phi) is 2.71. The number of amides is 1. The van der Waals surface area contributed by atoms with Crippen LogP contribution in [-0.4, -0.2) is 11.9 Å². The molecular weight excluding hydrogens is 193 g/mol. The molecule has 0 spiro atoms. The summed E-state index contributed by atoms with van der Waals surface area (Å²) in [5, 5.41) is 2.88. The second-order valence-corrected chi connectivity index (χ2v) is 4.12. The summed E-state index contributed by atoms with van der Waals surface area (Å²) in [6, 6.07) is 4.69. The van der Waals surface area contributed by atoms with E-state index in [0.29, 0.717) is 11.6 Å². The van der Waals surface area contributed by atoms with Crippen molar-refractivity contribution in [3.8, 4) is 0 Å². The fraction of sp³-hybridized carbons (Fsp3) is 0.417. The molecule has 1 aliphatic rings. The molecule has 1 saturated carbocycles. The maximum absolute atomic E-state index is 13.0. The number of carbonyl (C=O) groups is 1. The molecule has 1 amide bonds. The van der Waals surface area contributed by atoms with E-state index in [-0.39, 0.29) is 11.7 Å². The summed E-state index contributed by atoms with van der Waals surface area (Å²) in [6.07, 6.45) is 3.26. The molecule has 0 heterocycles. The first kappa shape index (κ1) is 10.1. The molecule has 0 aromatic heterocycles. The number of rotatable bonds is 2. The van der Waals surface area contributed by atoms with Gasteiger partial charge in [-0.05, 0) is 49.9 Å². The average molecular weight is 207 g/mol. The number of benzene rings is 1. The highest BCUT2D eigenvalue weighted by Gasteiger charge is 2.20. The Labute approximate surface area is 88.5 Å². The molecule has 80 valence electrons. The first-order chi connectivity index (χ1) is 7.15. The molecule has 1 aromatic rings. The molecule has 0 saturated heterocycles. The van der Waals surface area contributed by atoms with Gasteiger partial charge >= 0.3 is 0 Å². The molecule has 2 rings (SSSR count). The summed E-state index contributed by atoms with van der Waals surface area (Å²) in [6.45, 7) is 1.78. The van der Waals surface area contributed by atoms with E-state index in [2.05, 4.69) is 5.32 Å². The van der Waals surface area contributed by atoms with E-state index in [9.17, 15) is 9.18 Å². The Morgan fingerprint density at radius 2 is 2.13 bits per heavy atom. The van der Waals surface area contributed by atoms with Crippen molar-refractivity contribution in [1.82, 2.24) is 5.32 Å². The zero-order chi connectivity index (χ0) is 10.8. The maximum atomic E-state index is 13.0. The molecule has 1 aliphatic carbocycles. The van der Waals surface area contributed by atoms with Crippen molar-refractivity contribution in [2.24, 2.45) is 0 Å². The third-order valence-corrected chi connectivity index (χ3v) is 2.74. The summed E-state index contributed by atoms with van der Waals surface area (Å²) in [4.78, 5) is 11.7. The second kappa shape index (κ2) is 4.01. The van der Waals surface area contributed by atoms with Crippen LogP contribution in [0.1, 0.15) is 35.2 Å². The molecule has 1 fully saturated rings. The van der Waals surface area contributed by atoms with Gasteiger partial charge < -0.3 is 5.32 Å². The van der Waals surface area contributed by atoms with Crippen LogP contribution >= 0.6 is 0 Å². The van der Waals surface area contributed by atoms with Gasteiger partial charge in [-0.2, -0.15) is 0 Å². The van der Waals surface area contributed by atoms with Crippen molar-refractivity contribution in [2.75, 3.05) is 0 Å². The Balaban J connectivity index is 2.10. The van der Waals surface area contributed by atoms with Crippen molar-refractivity contribution in [2.45, 2.75) is 32.2 Å². The summed E-state index contributed by atoms with van der Waals surface area (Å²) >= 11 is 0. The predicted molar refractivity (Wildman–Crippen MR) is 56.2 cm³/mol. The molecule has 1 N–H and O–H groups in total. The minimum atomic E-state index is -0.353. The van der Waals surface area contributed by atoms with E-state index in [4.69, 9.17) is 0 Å². The molecule has 3 heteroatoms. The van der Waals surface area contributed by atoms with Crippen molar-refractivity contribution in [1.29, 1.82) is 0 Å². The minimum Gasteiger partial charge on any atom is -0.349 e. The quantitative estimate of drug-likeness (QED) is 0.792. The molecule has 15 heavy (non-hydrogen) atoms. The van der Waals surface area contributed by atoms with Gasteiger partial charge in [0.15, 0.2) is 0 Å². The number of nitrogens with one attached hydrogen (secondary N) is 1. The molecule has 0 atom stereocenters. The van der Waals surface area contributed by atoms with Gasteiger partial charge in [0.25, 0.3) is 5.91 Å². The molecule has 2 nitrogen and oxygen atoms in total. The first-order valence-electron chi connectivity index (χ1n) is 5.23. The first-order valence-corrected chi connectivity index (χ1v) is 5.23. The van der Waals surface area contributed by atoms with E-state index < -0.39 is 0 Å². The van der Waals surface area contributed by atoms with Crippen LogP contribution in [0.4, 0.5) is 4.39 Å². The standard InChI is InChI=1S/C12H14FNO/c1-8-5-9(7-10(13)6-8)12(15)14-11-3-2-4-11/h5-7,11H,2-4H2,1H3,(H,14,15). The third-order valence-electron chi connectivity index (χ3n) is 2.74. The second-order valence-electron chi connectivity index (χ2n) is 4.12. The van der Waals surface area contributed by atoms with Gasteiger partial charge in [-0.3, -0.25) is 4.79 Å². The van der Waals surface area contributed by atoms with Gasteiger partial charge in [-0.25, -0.2) is 4.39 Å². The number of halogens is 1. The molecular formula is C12H14FNO. The van der Waals surface area contributed by atoms with Crippen LogP contribution in [0.2, 0.25) is 0 Å². The van der Waals surface area contributed by atoms with E-state index in [0.717, 1.165) is 18.4 Å². The highest BCUT2D eigenvalue weighted by atomic mass is 19.1. The summed E-state index contributed by atoms with van der Waals surface area (Å²) < 4.78 is 13.0. The van der Waals surface area contributed by atoms with Crippen LogP contribution in [-0.2, 0) is 0 Å². The third kappa shape index (κ3) is 2.35. The van der Waals surface area contributed by atoms with Crippen molar-refractivity contribution in [3.05, 3.63) is 35.1 Å². The summed E-state index contributed by atoms with van der Waals surface area (Å²) in [7, 11) is 0. The average Bonchev–Trinajstić information content (AvgIpc) is 2.09. The topological polar surface area (TPSA) is 29.1 Å². The van der Waals surface area contributed by atoms with Crippen LogP contribution in [0.25, 0.3) is 0 Å². The number of hydrogen-bond donors (Lipinski definition) is 1. The SMILES string of the molecule is Cc1cc(F)cc(C(=O)NC2CCC2)c1. The van der Waals surface area contributed by atoms with Crippen molar-refractivity contribution in [3.63, 3.8) is 0 Å². The smallest absolute Gasteiger partial charge is 0.251 e. The fourth-order valence-corrected chi connectivity index (χ4v) is 1.69. The fourth-order valence-electron chi connectivity index (χ4n) is 1.69. The van der Waals surface area contributed by atoms with Gasteiger partial charge in [0.2, 0.25) is 0 Å². The van der Waals surface area contributed by atoms with Gasteiger partial charge in [-0.15, -0.1) is 0 Å². The van der Waals surface area contributed by atoms with Crippen LogP contribution in [0.15, 0.2) is 18.2 Å². The van der Waals surface area contributed by atoms with Gasteiger partial charge in [-0.1, -0.05) is 0 Å². The number of carbonyl (C=O) groups excluding carboxylic acids is 1. The van der Waals surface area contributed by atoms with Crippen LogP contribution < -0.4 is 5.32 Å². The van der Waals surface area contributed by atoms with E-state index in [1.165, 1.54) is 18.6 Å². The van der Waals surface area contributed by atoms with Gasteiger partial charge in [0, 0.05) is 11.6 Å². The largest absolute Gasteiger partial charge is 0.349 e. The van der Waals surface area contributed by atoms with E-state index >= 15 is 0 Å². The lowest BCUT2D eigenvalue weighted by Gasteiger charge is -2.26. The highest BCUT2D eigenvalue weighted by molar-refractivity contribution is 5.94.